The molecule has 0 bridgehead atoms. The van der Waals surface area contributed by atoms with Gasteiger partial charge in [-0.3, -0.25) is 11.3 Å². The van der Waals surface area contributed by atoms with E-state index >= 15 is 0 Å². The Bertz CT molecular complexity index is 630. The second-order valence-electron chi connectivity index (χ2n) is 5.47. The number of nitrogens with two attached hydrogens (primary N) is 1. The van der Waals surface area contributed by atoms with Crippen molar-refractivity contribution in [2.24, 2.45) is 5.84 Å². The van der Waals surface area contributed by atoms with Crippen molar-refractivity contribution >= 4 is 0 Å². The van der Waals surface area contributed by atoms with Crippen molar-refractivity contribution in [2.45, 2.75) is 33.2 Å². The maximum atomic E-state index is 13.8. The van der Waals surface area contributed by atoms with E-state index in [9.17, 15) is 8.78 Å². The second-order valence-corrected chi connectivity index (χ2v) is 5.47. The summed E-state index contributed by atoms with van der Waals surface area (Å²) in [6.45, 7) is 6.03. The molecule has 2 rings (SSSR count). The Hall–Kier alpha value is -1.78. The van der Waals surface area contributed by atoms with E-state index in [0.29, 0.717) is 12.0 Å². The van der Waals surface area contributed by atoms with E-state index < -0.39 is 11.6 Å². The van der Waals surface area contributed by atoms with Gasteiger partial charge in [0.25, 0.3) is 0 Å². The number of hydrazine groups is 1. The Labute approximate surface area is 124 Å². The lowest BCUT2D eigenvalue weighted by molar-refractivity contribution is 0.519. The van der Waals surface area contributed by atoms with Crippen molar-refractivity contribution < 1.29 is 8.78 Å². The SMILES string of the molecule is Cc1cc(C)c(C(Cc2cc(F)ccc2F)NN)c(C)c1. The summed E-state index contributed by atoms with van der Waals surface area (Å²) in [6, 6.07) is 7.35. The number of aryl methyl sites for hydroxylation is 3. The number of rotatable bonds is 4. The molecule has 1 unspecified atom stereocenters. The molecule has 2 nitrogen and oxygen atoms in total. The average Bonchev–Trinajstić information content (AvgIpc) is 2.40. The van der Waals surface area contributed by atoms with E-state index in [0.717, 1.165) is 28.8 Å². The van der Waals surface area contributed by atoms with Gasteiger partial charge in [-0.25, -0.2) is 8.78 Å². The van der Waals surface area contributed by atoms with Crippen LogP contribution >= 0.6 is 0 Å². The number of halogens is 2. The quantitative estimate of drug-likeness (QED) is 0.666. The third-order valence-electron chi connectivity index (χ3n) is 3.72. The first-order chi connectivity index (χ1) is 9.92. The molecule has 3 N–H and O–H groups in total. The fourth-order valence-electron chi connectivity index (χ4n) is 2.90. The van der Waals surface area contributed by atoms with Gasteiger partial charge < -0.3 is 0 Å². The number of benzene rings is 2. The highest BCUT2D eigenvalue weighted by atomic mass is 19.1. The zero-order valence-corrected chi connectivity index (χ0v) is 12.5. The average molecular weight is 290 g/mol. The zero-order chi connectivity index (χ0) is 15.6. The van der Waals surface area contributed by atoms with Gasteiger partial charge in [-0.05, 0) is 67.6 Å². The molecule has 0 aliphatic carbocycles. The van der Waals surface area contributed by atoms with Gasteiger partial charge in [0.05, 0.1) is 6.04 Å². The highest BCUT2D eigenvalue weighted by molar-refractivity contribution is 5.40. The summed E-state index contributed by atoms with van der Waals surface area (Å²) in [5.74, 6) is 4.79. The summed E-state index contributed by atoms with van der Waals surface area (Å²) in [6.07, 6.45) is 0.296. The van der Waals surface area contributed by atoms with Crippen molar-refractivity contribution in [1.82, 2.24) is 5.43 Å². The van der Waals surface area contributed by atoms with E-state index in [1.807, 2.05) is 20.8 Å². The van der Waals surface area contributed by atoms with Gasteiger partial charge in [-0.15, -0.1) is 0 Å². The normalized spacial score (nSPS) is 12.5. The summed E-state index contributed by atoms with van der Waals surface area (Å²) >= 11 is 0. The fourth-order valence-corrected chi connectivity index (χ4v) is 2.90. The zero-order valence-electron chi connectivity index (χ0n) is 12.5. The topological polar surface area (TPSA) is 38.0 Å². The Balaban J connectivity index is 2.39. The lowest BCUT2D eigenvalue weighted by Crippen LogP contribution is -2.31. The van der Waals surface area contributed by atoms with Crippen molar-refractivity contribution in [2.75, 3.05) is 0 Å². The van der Waals surface area contributed by atoms with Gasteiger partial charge in [0.2, 0.25) is 0 Å². The largest absolute Gasteiger partial charge is 0.271 e. The summed E-state index contributed by atoms with van der Waals surface area (Å²) in [5.41, 5.74) is 7.42. The van der Waals surface area contributed by atoms with Gasteiger partial charge in [0.15, 0.2) is 0 Å². The van der Waals surface area contributed by atoms with Gasteiger partial charge in [-0.1, -0.05) is 17.7 Å². The summed E-state index contributed by atoms with van der Waals surface area (Å²) in [5, 5.41) is 0. The molecular formula is C17H20F2N2. The van der Waals surface area contributed by atoms with E-state index in [1.54, 1.807) is 0 Å². The highest BCUT2D eigenvalue weighted by Gasteiger charge is 2.18. The van der Waals surface area contributed by atoms with Crippen LogP contribution in [0.4, 0.5) is 8.78 Å². The lowest BCUT2D eigenvalue weighted by Gasteiger charge is -2.22. The lowest BCUT2D eigenvalue weighted by atomic mass is 9.90. The van der Waals surface area contributed by atoms with Crippen LogP contribution in [0, 0.1) is 32.4 Å². The summed E-state index contributed by atoms with van der Waals surface area (Å²) in [4.78, 5) is 0. The Morgan fingerprint density at radius 1 is 1.05 bits per heavy atom. The van der Waals surface area contributed by atoms with Crippen molar-refractivity contribution in [3.05, 3.63) is 69.8 Å². The minimum absolute atomic E-state index is 0.262. The molecular weight excluding hydrogens is 270 g/mol. The maximum Gasteiger partial charge on any atom is 0.126 e. The Kier molecular flexibility index (Phi) is 4.70. The van der Waals surface area contributed by atoms with Crippen LogP contribution in [0.25, 0.3) is 0 Å². The van der Waals surface area contributed by atoms with E-state index in [1.165, 1.54) is 11.6 Å². The predicted molar refractivity (Wildman–Crippen MR) is 80.8 cm³/mol. The molecule has 0 saturated heterocycles. The molecule has 0 aliphatic heterocycles. The second kappa shape index (κ2) is 6.33. The minimum Gasteiger partial charge on any atom is -0.271 e. The molecule has 0 spiro atoms. The minimum atomic E-state index is -0.445. The van der Waals surface area contributed by atoms with Gasteiger partial charge in [0, 0.05) is 0 Å². The molecule has 0 saturated carbocycles. The van der Waals surface area contributed by atoms with Gasteiger partial charge >= 0.3 is 0 Å². The van der Waals surface area contributed by atoms with Crippen LogP contribution in [-0.2, 0) is 6.42 Å². The van der Waals surface area contributed by atoms with Crippen LogP contribution in [0.15, 0.2) is 30.3 Å². The van der Waals surface area contributed by atoms with E-state index in [2.05, 4.69) is 17.6 Å². The van der Waals surface area contributed by atoms with Gasteiger partial charge in [-0.2, -0.15) is 0 Å². The third-order valence-corrected chi connectivity index (χ3v) is 3.72. The first-order valence-corrected chi connectivity index (χ1v) is 6.90. The Morgan fingerprint density at radius 3 is 2.24 bits per heavy atom. The summed E-state index contributed by atoms with van der Waals surface area (Å²) in [7, 11) is 0. The number of hydrogen-bond acceptors (Lipinski definition) is 2. The smallest absolute Gasteiger partial charge is 0.126 e. The van der Waals surface area contributed by atoms with Crippen LogP contribution in [0.1, 0.15) is 33.9 Å². The Morgan fingerprint density at radius 2 is 1.67 bits per heavy atom. The summed E-state index contributed by atoms with van der Waals surface area (Å²) < 4.78 is 27.1. The number of nitrogens with one attached hydrogen (secondary N) is 1. The standard InChI is InChI=1S/C17H20F2N2/c1-10-6-11(2)17(12(3)7-10)16(21-20)9-13-8-14(18)4-5-15(13)19/h4-8,16,21H,9,20H2,1-3H3. The molecule has 0 aliphatic rings. The molecule has 0 fully saturated rings. The molecule has 0 aromatic heterocycles. The van der Waals surface area contributed by atoms with Crippen molar-refractivity contribution in [3.63, 3.8) is 0 Å². The fraction of sp³-hybridized carbons (Fsp3) is 0.294. The molecule has 0 heterocycles. The first kappa shape index (κ1) is 15.6. The van der Waals surface area contributed by atoms with Gasteiger partial charge in [0.1, 0.15) is 11.6 Å². The molecule has 2 aromatic rings. The van der Waals surface area contributed by atoms with Crippen LogP contribution in [-0.4, -0.2) is 0 Å². The predicted octanol–water partition coefficient (Wildman–Crippen LogP) is 3.64. The maximum absolute atomic E-state index is 13.8. The monoisotopic (exact) mass is 290 g/mol. The number of hydrogen-bond donors (Lipinski definition) is 2. The van der Waals surface area contributed by atoms with Crippen molar-refractivity contribution in [3.8, 4) is 0 Å². The molecule has 0 amide bonds. The molecule has 1 atom stereocenters. The van der Waals surface area contributed by atoms with Crippen LogP contribution in [0.2, 0.25) is 0 Å². The van der Waals surface area contributed by atoms with Crippen LogP contribution in [0.3, 0.4) is 0 Å². The van der Waals surface area contributed by atoms with E-state index in [-0.39, 0.29) is 6.04 Å². The molecule has 21 heavy (non-hydrogen) atoms. The molecule has 4 heteroatoms. The van der Waals surface area contributed by atoms with Crippen molar-refractivity contribution in [1.29, 1.82) is 0 Å². The van der Waals surface area contributed by atoms with E-state index in [4.69, 9.17) is 5.84 Å². The van der Waals surface area contributed by atoms with Crippen LogP contribution < -0.4 is 11.3 Å². The molecule has 0 radical (unpaired) electrons. The molecule has 112 valence electrons. The first-order valence-electron chi connectivity index (χ1n) is 6.90. The third kappa shape index (κ3) is 3.46. The highest BCUT2D eigenvalue weighted by Crippen LogP contribution is 2.27. The van der Waals surface area contributed by atoms with Crippen LogP contribution in [0.5, 0.6) is 0 Å². The molecule has 2 aromatic carbocycles.